The molecule has 17 heavy (non-hydrogen) atoms. The van der Waals surface area contributed by atoms with E-state index in [1.807, 2.05) is 19.1 Å². The van der Waals surface area contributed by atoms with Gasteiger partial charge in [-0.3, -0.25) is 4.79 Å². The number of nitrogens with zero attached hydrogens (tertiary/aromatic N) is 1. The third-order valence-electron chi connectivity index (χ3n) is 3.12. The van der Waals surface area contributed by atoms with Gasteiger partial charge in [0, 0.05) is 12.7 Å². The van der Waals surface area contributed by atoms with Crippen molar-refractivity contribution in [2.75, 3.05) is 19.4 Å². The van der Waals surface area contributed by atoms with Gasteiger partial charge in [0.25, 0.3) is 5.91 Å². The van der Waals surface area contributed by atoms with E-state index in [0.717, 1.165) is 5.56 Å². The highest BCUT2D eigenvalue weighted by Gasteiger charge is 2.29. The molecule has 0 fully saturated rings. The number of carbonyl (C=O) groups is 1. The van der Waals surface area contributed by atoms with Gasteiger partial charge in [0.2, 0.25) is 0 Å². The summed E-state index contributed by atoms with van der Waals surface area (Å²) < 4.78 is 0. The fraction of sp³-hybridized carbons (Fsp3) is 0.462. The average Bonchev–Trinajstić information content (AvgIpc) is 2.27. The SMILES string of the molecule is Cc1cccc(N)c1C(=O)N(C)C(C)(C)CO. The Hall–Kier alpha value is -1.55. The molecule has 0 aromatic heterocycles. The lowest BCUT2D eigenvalue weighted by atomic mass is 10.0. The monoisotopic (exact) mass is 236 g/mol. The topological polar surface area (TPSA) is 66.6 Å². The minimum Gasteiger partial charge on any atom is -0.398 e. The second kappa shape index (κ2) is 4.75. The first-order valence-corrected chi connectivity index (χ1v) is 5.55. The highest BCUT2D eigenvalue weighted by atomic mass is 16.3. The average molecular weight is 236 g/mol. The normalized spacial score (nSPS) is 11.4. The highest BCUT2D eigenvalue weighted by Crippen LogP contribution is 2.22. The molecule has 0 heterocycles. The molecule has 1 amide bonds. The molecule has 0 saturated heterocycles. The Kier molecular flexibility index (Phi) is 3.78. The molecular weight excluding hydrogens is 216 g/mol. The molecule has 0 aliphatic rings. The molecule has 1 aromatic carbocycles. The minimum absolute atomic E-state index is 0.0962. The first kappa shape index (κ1) is 13.5. The standard InChI is InChI=1S/C13H20N2O2/c1-9-6-5-7-10(14)11(9)12(17)15(4)13(2,3)8-16/h5-7,16H,8,14H2,1-4H3. The van der Waals surface area contributed by atoms with E-state index >= 15 is 0 Å². The number of hydrogen-bond acceptors (Lipinski definition) is 3. The molecule has 0 atom stereocenters. The highest BCUT2D eigenvalue weighted by molar-refractivity contribution is 6.00. The van der Waals surface area contributed by atoms with Crippen molar-refractivity contribution >= 4 is 11.6 Å². The van der Waals surface area contributed by atoms with Gasteiger partial charge in [-0.2, -0.15) is 0 Å². The lowest BCUT2D eigenvalue weighted by molar-refractivity contribution is 0.0473. The molecular formula is C13H20N2O2. The maximum Gasteiger partial charge on any atom is 0.256 e. The van der Waals surface area contributed by atoms with Crippen molar-refractivity contribution in [1.82, 2.24) is 4.90 Å². The van der Waals surface area contributed by atoms with Crippen molar-refractivity contribution in [3.63, 3.8) is 0 Å². The Labute approximate surface area is 102 Å². The summed E-state index contributed by atoms with van der Waals surface area (Å²) in [7, 11) is 1.67. The van der Waals surface area contributed by atoms with E-state index in [0.29, 0.717) is 11.3 Å². The van der Waals surface area contributed by atoms with Gasteiger partial charge in [-0.1, -0.05) is 12.1 Å². The van der Waals surface area contributed by atoms with Crippen molar-refractivity contribution in [3.05, 3.63) is 29.3 Å². The van der Waals surface area contributed by atoms with E-state index in [-0.39, 0.29) is 12.5 Å². The van der Waals surface area contributed by atoms with E-state index in [1.54, 1.807) is 27.0 Å². The maximum atomic E-state index is 12.3. The predicted octanol–water partition coefficient (Wildman–Crippen LogP) is 1.42. The lowest BCUT2D eigenvalue weighted by Crippen LogP contribution is -2.48. The number of benzene rings is 1. The van der Waals surface area contributed by atoms with Crippen molar-refractivity contribution in [2.45, 2.75) is 26.3 Å². The first-order valence-electron chi connectivity index (χ1n) is 5.55. The molecule has 1 aromatic rings. The van der Waals surface area contributed by atoms with E-state index in [4.69, 9.17) is 5.73 Å². The fourth-order valence-corrected chi connectivity index (χ4v) is 1.53. The molecule has 0 unspecified atom stereocenters. The molecule has 3 N–H and O–H groups in total. The van der Waals surface area contributed by atoms with E-state index < -0.39 is 5.54 Å². The molecule has 0 radical (unpaired) electrons. The Bertz CT molecular complexity index is 407. The summed E-state index contributed by atoms with van der Waals surface area (Å²) in [5.74, 6) is -0.167. The van der Waals surface area contributed by atoms with Gasteiger partial charge in [-0.05, 0) is 32.4 Å². The molecule has 4 heteroatoms. The van der Waals surface area contributed by atoms with E-state index in [2.05, 4.69) is 0 Å². The third kappa shape index (κ3) is 2.58. The van der Waals surface area contributed by atoms with E-state index in [1.165, 1.54) is 4.90 Å². The van der Waals surface area contributed by atoms with Crippen molar-refractivity contribution in [1.29, 1.82) is 0 Å². The smallest absolute Gasteiger partial charge is 0.256 e. The number of nitrogens with two attached hydrogens (primary N) is 1. The number of amides is 1. The van der Waals surface area contributed by atoms with Gasteiger partial charge < -0.3 is 15.7 Å². The Morgan fingerprint density at radius 2 is 2.06 bits per heavy atom. The summed E-state index contributed by atoms with van der Waals surface area (Å²) in [4.78, 5) is 13.8. The van der Waals surface area contributed by atoms with Crippen LogP contribution < -0.4 is 5.73 Å². The summed E-state index contributed by atoms with van der Waals surface area (Å²) in [5, 5.41) is 9.27. The van der Waals surface area contributed by atoms with Crippen LogP contribution in [0.3, 0.4) is 0 Å². The molecule has 0 spiro atoms. The van der Waals surface area contributed by atoms with Gasteiger partial charge in [0.1, 0.15) is 0 Å². The van der Waals surface area contributed by atoms with Gasteiger partial charge >= 0.3 is 0 Å². The van der Waals surface area contributed by atoms with Gasteiger partial charge in [0.15, 0.2) is 0 Å². The molecule has 0 aliphatic carbocycles. The quantitative estimate of drug-likeness (QED) is 0.780. The third-order valence-corrected chi connectivity index (χ3v) is 3.12. The van der Waals surface area contributed by atoms with Crippen LogP contribution in [-0.2, 0) is 0 Å². The molecule has 0 saturated carbocycles. The zero-order valence-electron chi connectivity index (χ0n) is 10.8. The molecule has 1 rings (SSSR count). The Balaban J connectivity index is 3.14. The van der Waals surface area contributed by atoms with Crippen LogP contribution in [0.5, 0.6) is 0 Å². The van der Waals surface area contributed by atoms with Crippen LogP contribution in [0.4, 0.5) is 5.69 Å². The number of aliphatic hydroxyl groups excluding tert-OH is 1. The molecule has 94 valence electrons. The molecule has 4 nitrogen and oxygen atoms in total. The second-order valence-electron chi connectivity index (χ2n) is 4.87. The minimum atomic E-state index is -0.605. The number of anilines is 1. The molecule has 0 aliphatic heterocycles. The number of aliphatic hydroxyl groups is 1. The summed E-state index contributed by atoms with van der Waals surface area (Å²) >= 11 is 0. The summed E-state index contributed by atoms with van der Waals surface area (Å²) in [6.07, 6.45) is 0. The van der Waals surface area contributed by atoms with E-state index in [9.17, 15) is 9.90 Å². The lowest BCUT2D eigenvalue weighted by Gasteiger charge is -2.34. The zero-order valence-corrected chi connectivity index (χ0v) is 10.8. The van der Waals surface area contributed by atoms with Crippen LogP contribution in [0.25, 0.3) is 0 Å². The maximum absolute atomic E-state index is 12.3. The molecule has 0 bridgehead atoms. The summed E-state index contributed by atoms with van der Waals surface area (Å²) in [5.41, 5.74) is 7.05. The summed E-state index contributed by atoms with van der Waals surface area (Å²) in [6, 6.07) is 5.38. The number of rotatable bonds is 3. The van der Waals surface area contributed by atoms with Crippen LogP contribution in [0.15, 0.2) is 18.2 Å². The van der Waals surface area contributed by atoms with Gasteiger partial charge in [-0.25, -0.2) is 0 Å². The second-order valence-corrected chi connectivity index (χ2v) is 4.87. The fourth-order valence-electron chi connectivity index (χ4n) is 1.53. The van der Waals surface area contributed by atoms with Crippen molar-refractivity contribution in [2.24, 2.45) is 0 Å². The van der Waals surface area contributed by atoms with Gasteiger partial charge in [-0.15, -0.1) is 0 Å². The van der Waals surface area contributed by atoms with Crippen LogP contribution in [0.1, 0.15) is 29.8 Å². The number of likely N-dealkylation sites (N-methyl/N-ethyl adjacent to an activating group) is 1. The predicted molar refractivity (Wildman–Crippen MR) is 68.8 cm³/mol. The Morgan fingerprint density at radius 3 is 2.53 bits per heavy atom. The number of carbonyl (C=O) groups excluding carboxylic acids is 1. The number of aryl methyl sites for hydroxylation is 1. The Morgan fingerprint density at radius 1 is 1.47 bits per heavy atom. The van der Waals surface area contributed by atoms with Crippen LogP contribution in [0.2, 0.25) is 0 Å². The van der Waals surface area contributed by atoms with Crippen LogP contribution in [0, 0.1) is 6.92 Å². The van der Waals surface area contributed by atoms with Gasteiger partial charge in [0.05, 0.1) is 17.7 Å². The summed E-state index contributed by atoms with van der Waals surface area (Å²) in [6.45, 7) is 5.36. The number of hydrogen-bond donors (Lipinski definition) is 2. The van der Waals surface area contributed by atoms with Crippen LogP contribution >= 0.6 is 0 Å². The van der Waals surface area contributed by atoms with Crippen LogP contribution in [-0.4, -0.2) is 35.1 Å². The zero-order chi connectivity index (χ0) is 13.2. The van der Waals surface area contributed by atoms with Crippen molar-refractivity contribution in [3.8, 4) is 0 Å². The van der Waals surface area contributed by atoms with Crippen molar-refractivity contribution < 1.29 is 9.90 Å². The number of nitrogen functional groups attached to an aromatic ring is 1. The first-order chi connectivity index (χ1) is 7.81. The largest absolute Gasteiger partial charge is 0.398 e.